The molecule has 0 bridgehead atoms. The Morgan fingerprint density at radius 2 is 1.74 bits per heavy atom. The highest BCUT2D eigenvalue weighted by atomic mass is 16.4. The number of rotatable bonds is 3. The first kappa shape index (κ1) is 17.5. The van der Waals surface area contributed by atoms with Gasteiger partial charge in [-0.3, -0.25) is 9.69 Å². The van der Waals surface area contributed by atoms with Gasteiger partial charge in [0.25, 0.3) is 5.91 Å². The van der Waals surface area contributed by atoms with Crippen LogP contribution in [0.15, 0.2) is 63.8 Å². The summed E-state index contributed by atoms with van der Waals surface area (Å²) < 4.78 is 5.32. The molecule has 5 heteroatoms. The Morgan fingerprint density at radius 3 is 2.48 bits per heavy atom. The second-order valence-electron chi connectivity index (χ2n) is 7.04. The number of carbonyl (C=O) groups excluding carboxylic acids is 1. The lowest BCUT2D eigenvalue weighted by Gasteiger charge is -2.34. The molecule has 1 aliphatic rings. The van der Waals surface area contributed by atoms with Crippen LogP contribution in [0.2, 0.25) is 0 Å². The van der Waals surface area contributed by atoms with E-state index in [1.54, 1.807) is 17.0 Å². The van der Waals surface area contributed by atoms with E-state index < -0.39 is 5.63 Å². The van der Waals surface area contributed by atoms with Crippen molar-refractivity contribution < 1.29 is 9.21 Å². The van der Waals surface area contributed by atoms with Crippen molar-refractivity contribution in [1.29, 1.82) is 0 Å². The van der Waals surface area contributed by atoms with Crippen molar-refractivity contribution in [2.75, 3.05) is 26.2 Å². The standard InChI is InChI=1S/C22H22N2O3/c1-16-7-8-18-14-20(27-22(26)19(18)13-16)21(25)24-11-9-23(10-12-24)15-17-5-3-2-4-6-17/h2-8,13-14H,9-12,15H2,1H3. The Morgan fingerprint density at radius 1 is 1.00 bits per heavy atom. The molecule has 0 saturated carbocycles. The fourth-order valence-corrected chi connectivity index (χ4v) is 3.51. The molecule has 3 aromatic rings. The zero-order valence-corrected chi connectivity index (χ0v) is 15.4. The van der Waals surface area contributed by atoms with Gasteiger partial charge in [-0.05, 0) is 30.0 Å². The summed E-state index contributed by atoms with van der Waals surface area (Å²) in [6.45, 7) is 5.66. The van der Waals surface area contributed by atoms with Crippen molar-refractivity contribution in [3.63, 3.8) is 0 Å². The zero-order valence-electron chi connectivity index (χ0n) is 15.4. The van der Waals surface area contributed by atoms with Gasteiger partial charge in [0.2, 0.25) is 0 Å². The number of fused-ring (bicyclic) bond motifs is 1. The Labute approximate surface area is 157 Å². The average molecular weight is 362 g/mol. The quantitative estimate of drug-likeness (QED) is 0.719. The van der Waals surface area contributed by atoms with E-state index in [0.717, 1.165) is 30.6 Å². The van der Waals surface area contributed by atoms with Crippen LogP contribution in [0.3, 0.4) is 0 Å². The highest BCUT2D eigenvalue weighted by molar-refractivity contribution is 5.95. The molecule has 1 aliphatic heterocycles. The summed E-state index contributed by atoms with van der Waals surface area (Å²) in [6.07, 6.45) is 0. The van der Waals surface area contributed by atoms with Crippen LogP contribution in [0.1, 0.15) is 21.7 Å². The number of nitrogens with zero attached hydrogens (tertiary/aromatic N) is 2. The van der Waals surface area contributed by atoms with Gasteiger partial charge in [-0.15, -0.1) is 0 Å². The van der Waals surface area contributed by atoms with E-state index in [4.69, 9.17) is 4.42 Å². The predicted molar refractivity (Wildman–Crippen MR) is 105 cm³/mol. The van der Waals surface area contributed by atoms with E-state index in [2.05, 4.69) is 17.0 Å². The van der Waals surface area contributed by atoms with Gasteiger partial charge in [-0.1, -0.05) is 48.0 Å². The number of hydrogen-bond donors (Lipinski definition) is 0. The normalized spacial score (nSPS) is 15.2. The van der Waals surface area contributed by atoms with E-state index in [1.165, 1.54) is 5.56 Å². The lowest BCUT2D eigenvalue weighted by atomic mass is 10.1. The van der Waals surface area contributed by atoms with Crippen molar-refractivity contribution in [1.82, 2.24) is 9.80 Å². The van der Waals surface area contributed by atoms with Crippen LogP contribution in [0.25, 0.3) is 10.8 Å². The fourth-order valence-electron chi connectivity index (χ4n) is 3.51. The molecule has 1 amide bonds. The van der Waals surface area contributed by atoms with Crippen LogP contribution in [-0.2, 0) is 6.54 Å². The van der Waals surface area contributed by atoms with E-state index >= 15 is 0 Å². The summed E-state index contributed by atoms with van der Waals surface area (Å²) in [5.41, 5.74) is 1.80. The maximum absolute atomic E-state index is 12.8. The van der Waals surface area contributed by atoms with Crippen molar-refractivity contribution in [3.8, 4) is 0 Å². The van der Waals surface area contributed by atoms with Gasteiger partial charge in [0.05, 0.1) is 5.39 Å². The van der Waals surface area contributed by atoms with Gasteiger partial charge in [0.15, 0.2) is 5.76 Å². The molecule has 138 valence electrons. The number of piperazine rings is 1. The Hall–Kier alpha value is -2.92. The van der Waals surface area contributed by atoms with Crippen LogP contribution < -0.4 is 5.63 Å². The summed E-state index contributed by atoms with van der Waals surface area (Å²) in [5.74, 6) is -0.0956. The van der Waals surface area contributed by atoms with Crippen LogP contribution in [0.4, 0.5) is 0 Å². The van der Waals surface area contributed by atoms with Gasteiger partial charge in [-0.25, -0.2) is 4.79 Å². The van der Waals surface area contributed by atoms with E-state index in [-0.39, 0.29) is 11.7 Å². The predicted octanol–water partition coefficient (Wildman–Crippen LogP) is 3.06. The summed E-state index contributed by atoms with van der Waals surface area (Å²) in [6, 6.07) is 17.6. The van der Waals surface area contributed by atoms with Crippen molar-refractivity contribution in [2.45, 2.75) is 13.5 Å². The first-order valence-corrected chi connectivity index (χ1v) is 9.20. The molecule has 0 aliphatic carbocycles. The number of carbonyl (C=O) groups is 1. The second-order valence-corrected chi connectivity index (χ2v) is 7.04. The third-order valence-electron chi connectivity index (χ3n) is 5.04. The van der Waals surface area contributed by atoms with Gasteiger partial charge >= 0.3 is 5.63 Å². The number of hydrogen-bond acceptors (Lipinski definition) is 4. The minimum atomic E-state index is -0.456. The molecule has 0 atom stereocenters. The highest BCUT2D eigenvalue weighted by Gasteiger charge is 2.24. The minimum absolute atomic E-state index is 0.118. The monoisotopic (exact) mass is 362 g/mol. The number of aryl methyl sites for hydroxylation is 1. The van der Waals surface area contributed by atoms with Crippen molar-refractivity contribution in [3.05, 3.63) is 81.9 Å². The van der Waals surface area contributed by atoms with Crippen LogP contribution in [-0.4, -0.2) is 41.9 Å². The molecule has 0 radical (unpaired) electrons. The van der Waals surface area contributed by atoms with Gasteiger partial charge in [-0.2, -0.15) is 0 Å². The van der Waals surface area contributed by atoms with E-state index in [9.17, 15) is 9.59 Å². The van der Waals surface area contributed by atoms with E-state index in [0.29, 0.717) is 18.5 Å². The molecule has 0 spiro atoms. The molecule has 2 aromatic carbocycles. The lowest BCUT2D eigenvalue weighted by molar-refractivity contribution is 0.0594. The maximum atomic E-state index is 12.8. The highest BCUT2D eigenvalue weighted by Crippen LogP contribution is 2.16. The molecule has 4 rings (SSSR count). The first-order valence-electron chi connectivity index (χ1n) is 9.20. The summed E-state index contributed by atoms with van der Waals surface area (Å²) in [7, 11) is 0. The molecule has 1 aromatic heterocycles. The largest absolute Gasteiger partial charge is 0.417 e. The molecular weight excluding hydrogens is 340 g/mol. The minimum Gasteiger partial charge on any atom is -0.417 e. The SMILES string of the molecule is Cc1ccc2cc(C(=O)N3CCN(Cc4ccccc4)CC3)oc(=O)c2c1. The molecule has 1 fully saturated rings. The smallest absolute Gasteiger partial charge is 0.344 e. The van der Waals surface area contributed by atoms with Crippen molar-refractivity contribution in [2.24, 2.45) is 0 Å². The Balaban J connectivity index is 1.46. The molecular formula is C22H22N2O3. The Bertz CT molecular complexity index is 1020. The van der Waals surface area contributed by atoms with Gasteiger partial charge in [0, 0.05) is 32.7 Å². The van der Waals surface area contributed by atoms with Crippen LogP contribution in [0, 0.1) is 6.92 Å². The molecule has 2 heterocycles. The molecule has 1 saturated heterocycles. The average Bonchev–Trinajstić information content (AvgIpc) is 2.69. The fraction of sp³-hybridized carbons (Fsp3) is 0.273. The van der Waals surface area contributed by atoms with E-state index in [1.807, 2.05) is 37.3 Å². The summed E-state index contributed by atoms with van der Waals surface area (Å²) in [5, 5.41) is 1.25. The van der Waals surface area contributed by atoms with Crippen LogP contribution in [0.5, 0.6) is 0 Å². The molecule has 5 nitrogen and oxygen atoms in total. The maximum Gasteiger partial charge on any atom is 0.344 e. The van der Waals surface area contributed by atoms with Gasteiger partial charge < -0.3 is 9.32 Å². The molecule has 0 N–H and O–H groups in total. The molecule has 27 heavy (non-hydrogen) atoms. The summed E-state index contributed by atoms with van der Waals surface area (Å²) in [4.78, 5) is 29.1. The second kappa shape index (κ2) is 7.37. The summed E-state index contributed by atoms with van der Waals surface area (Å²) >= 11 is 0. The number of benzene rings is 2. The molecule has 0 unspecified atom stereocenters. The first-order chi connectivity index (χ1) is 13.1. The third-order valence-corrected chi connectivity index (χ3v) is 5.04. The van der Waals surface area contributed by atoms with Crippen molar-refractivity contribution >= 4 is 16.7 Å². The van der Waals surface area contributed by atoms with Crippen LogP contribution >= 0.6 is 0 Å². The Kier molecular flexibility index (Phi) is 4.77. The third kappa shape index (κ3) is 3.78. The topological polar surface area (TPSA) is 53.8 Å². The van der Waals surface area contributed by atoms with Gasteiger partial charge in [0.1, 0.15) is 0 Å². The zero-order chi connectivity index (χ0) is 18.8. The lowest BCUT2D eigenvalue weighted by Crippen LogP contribution is -2.48. The number of amides is 1.